The number of ether oxygens (including phenoxy) is 2. The van der Waals surface area contributed by atoms with E-state index >= 15 is 0 Å². The van der Waals surface area contributed by atoms with Crippen molar-refractivity contribution >= 4 is 41.1 Å². The fraction of sp³-hybridized carbons (Fsp3) is 0.423. The minimum absolute atomic E-state index is 0.205. The summed E-state index contributed by atoms with van der Waals surface area (Å²) in [5.74, 6) is -0.439. The number of thioether (sulfide) groups is 1. The molecule has 0 aliphatic heterocycles. The Kier molecular flexibility index (Phi) is 11.4. The van der Waals surface area contributed by atoms with Gasteiger partial charge in [0, 0.05) is 6.42 Å². The van der Waals surface area contributed by atoms with Gasteiger partial charge in [-0.2, -0.15) is 22.0 Å². The Morgan fingerprint density at radius 1 is 0.917 bits per heavy atom. The number of carbonyl (C=O) groups is 3. The van der Waals surface area contributed by atoms with E-state index in [1.807, 2.05) is 48.7 Å². The molecule has 36 heavy (non-hydrogen) atoms. The minimum Gasteiger partial charge on any atom is -0.467 e. The Balaban J connectivity index is 2.07. The molecule has 0 aliphatic rings. The van der Waals surface area contributed by atoms with E-state index in [4.69, 9.17) is 9.47 Å². The van der Waals surface area contributed by atoms with Crippen LogP contribution < -0.4 is 10.6 Å². The SMILES string of the molecule is COC(=O)[C@H](Cc1ccc(N=Nc2ccccc2)cc1)NC(=O)[C@H](CCSC)NC(=O)OC(C)(C)C. The Bertz CT molecular complexity index is 1020. The number of nitrogens with one attached hydrogen (secondary N) is 2. The molecule has 0 radical (unpaired) electrons. The third-order valence-electron chi connectivity index (χ3n) is 4.83. The monoisotopic (exact) mass is 514 g/mol. The van der Waals surface area contributed by atoms with Gasteiger partial charge < -0.3 is 20.1 Å². The first-order chi connectivity index (χ1) is 17.1. The highest BCUT2D eigenvalue weighted by molar-refractivity contribution is 7.98. The first-order valence-electron chi connectivity index (χ1n) is 11.5. The number of azo groups is 1. The zero-order valence-electron chi connectivity index (χ0n) is 21.3. The molecule has 0 aliphatic carbocycles. The number of amides is 2. The predicted octanol–water partition coefficient (Wildman–Crippen LogP) is 4.95. The molecule has 2 aromatic rings. The molecular formula is C26H34N4O5S. The van der Waals surface area contributed by atoms with Gasteiger partial charge >= 0.3 is 12.1 Å². The largest absolute Gasteiger partial charge is 0.467 e. The molecule has 0 spiro atoms. The number of esters is 1. The second kappa shape index (κ2) is 14.2. The molecule has 2 amide bonds. The van der Waals surface area contributed by atoms with Crippen LogP contribution in [0.15, 0.2) is 64.8 Å². The number of nitrogens with zero attached hydrogens (tertiary/aromatic N) is 2. The molecule has 0 bridgehead atoms. The van der Waals surface area contributed by atoms with Crippen LogP contribution in [0, 0.1) is 0 Å². The Morgan fingerprint density at radius 2 is 1.53 bits per heavy atom. The summed E-state index contributed by atoms with van der Waals surface area (Å²) in [6.45, 7) is 5.22. The van der Waals surface area contributed by atoms with Crippen LogP contribution in [-0.4, -0.2) is 54.8 Å². The second-order valence-corrected chi connectivity index (χ2v) is 9.96. The van der Waals surface area contributed by atoms with Crippen molar-refractivity contribution in [3.63, 3.8) is 0 Å². The summed E-state index contributed by atoms with van der Waals surface area (Å²) >= 11 is 1.54. The Labute approximate surface area is 216 Å². The summed E-state index contributed by atoms with van der Waals surface area (Å²) < 4.78 is 10.2. The van der Waals surface area contributed by atoms with Gasteiger partial charge in [0.2, 0.25) is 5.91 Å². The summed E-state index contributed by atoms with van der Waals surface area (Å²) in [7, 11) is 1.26. The summed E-state index contributed by atoms with van der Waals surface area (Å²) in [5.41, 5.74) is 1.49. The number of hydrogen-bond acceptors (Lipinski definition) is 8. The van der Waals surface area contributed by atoms with E-state index in [2.05, 4.69) is 20.9 Å². The van der Waals surface area contributed by atoms with Crippen LogP contribution in [0.3, 0.4) is 0 Å². The first kappa shape index (κ1) is 28.8. The van der Waals surface area contributed by atoms with Crippen molar-refractivity contribution in [1.29, 1.82) is 0 Å². The molecule has 0 heterocycles. The molecule has 2 aromatic carbocycles. The molecule has 10 heteroatoms. The molecule has 2 N–H and O–H groups in total. The smallest absolute Gasteiger partial charge is 0.408 e. The molecule has 2 rings (SSSR count). The molecule has 0 saturated carbocycles. The van der Waals surface area contributed by atoms with Crippen molar-refractivity contribution in [3.05, 3.63) is 60.2 Å². The Hall–Kier alpha value is -3.40. The van der Waals surface area contributed by atoms with Gasteiger partial charge in [-0.3, -0.25) is 4.79 Å². The Morgan fingerprint density at radius 3 is 2.08 bits per heavy atom. The maximum atomic E-state index is 13.0. The van der Waals surface area contributed by atoms with Crippen LogP contribution in [0.4, 0.5) is 16.2 Å². The van der Waals surface area contributed by atoms with E-state index in [1.54, 1.807) is 44.7 Å². The van der Waals surface area contributed by atoms with Crippen molar-refractivity contribution in [2.75, 3.05) is 19.1 Å². The van der Waals surface area contributed by atoms with Crippen molar-refractivity contribution < 1.29 is 23.9 Å². The number of alkyl carbamates (subject to hydrolysis) is 1. The molecule has 9 nitrogen and oxygen atoms in total. The van der Waals surface area contributed by atoms with Crippen LogP contribution >= 0.6 is 11.8 Å². The topological polar surface area (TPSA) is 118 Å². The van der Waals surface area contributed by atoms with Crippen LogP contribution in [0.1, 0.15) is 32.8 Å². The highest BCUT2D eigenvalue weighted by atomic mass is 32.2. The van der Waals surface area contributed by atoms with E-state index in [1.165, 1.54) is 7.11 Å². The summed E-state index contributed by atoms with van der Waals surface area (Å²) in [6.07, 6.45) is 1.79. The standard InChI is InChI=1S/C26H34N4O5S/c1-26(2,3)35-25(33)28-21(15-16-36-5)23(31)27-22(24(32)34-4)17-18-11-13-20(14-12-18)30-29-19-9-7-6-8-10-19/h6-14,21-22H,15-17H2,1-5H3,(H,27,31)(H,28,33)/t21-,22-/m0/s1. The summed E-state index contributed by atoms with van der Waals surface area (Å²) in [5, 5.41) is 13.7. The number of hydrogen-bond donors (Lipinski definition) is 2. The van der Waals surface area contributed by atoms with Crippen LogP contribution in [0.25, 0.3) is 0 Å². The third-order valence-corrected chi connectivity index (χ3v) is 5.48. The molecule has 0 aromatic heterocycles. The lowest BCUT2D eigenvalue weighted by Gasteiger charge is -2.24. The highest BCUT2D eigenvalue weighted by Crippen LogP contribution is 2.19. The molecule has 0 fully saturated rings. The predicted molar refractivity (Wildman–Crippen MR) is 141 cm³/mol. The van der Waals surface area contributed by atoms with Gasteiger partial charge in [-0.15, -0.1) is 0 Å². The fourth-order valence-corrected chi connectivity index (χ4v) is 3.58. The van der Waals surface area contributed by atoms with E-state index in [9.17, 15) is 14.4 Å². The van der Waals surface area contributed by atoms with Crippen molar-refractivity contribution in [2.24, 2.45) is 10.2 Å². The normalized spacial score (nSPS) is 13.0. The van der Waals surface area contributed by atoms with Gasteiger partial charge in [0.05, 0.1) is 18.5 Å². The summed E-state index contributed by atoms with van der Waals surface area (Å²) in [6, 6.07) is 14.8. The lowest BCUT2D eigenvalue weighted by molar-refractivity contribution is -0.145. The quantitative estimate of drug-likeness (QED) is 0.324. The van der Waals surface area contributed by atoms with Crippen molar-refractivity contribution in [3.8, 4) is 0 Å². The number of benzene rings is 2. The van der Waals surface area contributed by atoms with Gasteiger partial charge in [0.25, 0.3) is 0 Å². The lowest BCUT2D eigenvalue weighted by atomic mass is 10.0. The van der Waals surface area contributed by atoms with E-state index < -0.39 is 35.7 Å². The van der Waals surface area contributed by atoms with Crippen molar-refractivity contribution in [1.82, 2.24) is 10.6 Å². The number of methoxy groups -OCH3 is 1. The second-order valence-electron chi connectivity index (χ2n) is 8.97. The number of carbonyl (C=O) groups excluding carboxylic acids is 3. The fourth-order valence-electron chi connectivity index (χ4n) is 3.11. The van der Waals surface area contributed by atoms with Crippen LogP contribution in [0.5, 0.6) is 0 Å². The number of rotatable bonds is 11. The van der Waals surface area contributed by atoms with Gasteiger partial charge in [-0.05, 0) is 69.0 Å². The maximum absolute atomic E-state index is 13.0. The van der Waals surface area contributed by atoms with Crippen LogP contribution in [-0.2, 0) is 25.5 Å². The molecular weight excluding hydrogens is 480 g/mol. The van der Waals surface area contributed by atoms with Gasteiger partial charge in [-0.25, -0.2) is 9.59 Å². The van der Waals surface area contributed by atoms with Gasteiger partial charge in [-0.1, -0.05) is 30.3 Å². The highest BCUT2D eigenvalue weighted by Gasteiger charge is 2.28. The molecule has 0 saturated heterocycles. The zero-order chi connectivity index (χ0) is 26.6. The van der Waals surface area contributed by atoms with Gasteiger partial charge in [0.1, 0.15) is 17.7 Å². The minimum atomic E-state index is -0.934. The average molecular weight is 515 g/mol. The average Bonchev–Trinajstić information content (AvgIpc) is 2.84. The maximum Gasteiger partial charge on any atom is 0.408 e. The molecule has 0 unspecified atom stereocenters. The van der Waals surface area contributed by atoms with Crippen LogP contribution in [0.2, 0.25) is 0 Å². The van der Waals surface area contributed by atoms with E-state index in [0.29, 0.717) is 17.9 Å². The van der Waals surface area contributed by atoms with E-state index in [0.717, 1.165) is 11.3 Å². The third kappa shape index (κ3) is 10.5. The lowest BCUT2D eigenvalue weighted by Crippen LogP contribution is -2.53. The molecule has 194 valence electrons. The van der Waals surface area contributed by atoms with Gasteiger partial charge in [0.15, 0.2) is 0 Å². The first-order valence-corrected chi connectivity index (χ1v) is 12.9. The van der Waals surface area contributed by atoms with E-state index in [-0.39, 0.29) is 6.42 Å². The molecule has 2 atom stereocenters. The zero-order valence-corrected chi connectivity index (χ0v) is 22.1. The summed E-state index contributed by atoms with van der Waals surface area (Å²) in [4.78, 5) is 37.7. The van der Waals surface area contributed by atoms with Crippen molar-refractivity contribution in [2.45, 2.75) is 51.3 Å².